The Morgan fingerprint density at radius 2 is 1.71 bits per heavy atom. The number of nitrogens with one attached hydrogen (secondary N) is 2. The number of hydrogen-bond donors (Lipinski definition) is 2. The summed E-state index contributed by atoms with van der Waals surface area (Å²) in [6.07, 6.45) is 6.95. The van der Waals surface area contributed by atoms with Crippen molar-refractivity contribution in [1.29, 1.82) is 0 Å². The minimum Gasteiger partial charge on any atom is -0.451 e. The normalized spacial score (nSPS) is 15.7. The third-order valence-electron chi connectivity index (χ3n) is 8.91. The molecule has 0 unspecified atom stereocenters. The second-order valence-corrected chi connectivity index (χ2v) is 12.9. The van der Waals surface area contributed by atoms with E-state index in [1.807, 2.05) is 41.3 Å². The maximum atomic E-state index is 13.5. The molecular weight excluding hydrogens is 628 g/mol. The van der Waals surface area contributed by atoms with Crippen LogP contribution in [0.15, 0.2) is 93.7 Å². The fourth-order valence-electron chi connectivity index (χ4n) is 6.49. The van der Waals surface area contributed by atoms with Gasteiger partial charge < -0.3 is 24.9 Å². The standard InChI is InChI=1S/C38H39ClN4O5/c1-25(44)40-30-13-14-35-32(22-30)34(45)23-36(48-35)38(47)41-31(20-26-9-11-29(39)12-10-26)21-27-15-18-42(19-16-27)33-7-3-2-6-28(33)24-43-17-5-4-8-37(43)46/h2-3,6-7,9-14,21-23,31H,4-5,8,15-20,24H2,1H3,(H,40,44)(H,41,47)/t31-/m1/s1. The Labute approximate surface area is 284 Å². The number of carbonyl (C=O) groups excluding carboxylic acids is 3. The molecule has 0 saturated carbocycles. The highest BCUT2D eigenvalue weighted by Crippen LogP contribution is 2.29. The zero-order valence-corrected chi connectivity index (χ0v) is 27.7. The molecular formula is C38H39ClN4O5. The van der Waals surface area contributed by atoms with Gasteiger partial charge in [-0.05, 0) is 79.6 Å². The van der Waals surface area contributed by atoms with Gasteiger partial charge in [-0.3, -0.25) is 19.2 Å². The summed E-state index contributed by atoms with van der Waals surface area (Å²) in [6, 6.07) is 21.4. The number of anilines is 2. The van der Waals surface area contributed by atoms with E-state index in [2.05, 4.69) is 33.7 Å². The summed E-state index contributed by atoms with van der Waals surface area (Å²) < 4.78 is 5.86. The van der Waals surface area contributed by atoms with Crippen LogP contribution in [0.3, 0.4) is 0 Å². The summed E-state index contributed by atoms with van der Waals surface area (Å²) in [4.78, 5) is 54.8. The molecule has 10 heteroatoms. The van der Waals surface area contributed by atoms with Gasteiger partial charge in [0.1, 0.15) is 5.58 Å². The molecule has 4 aromatic rings. The van der Waals surface area contributed by atoms with Crippen molar-refractivity contribution in [2.75, 3.05) is 29.9 Å². The first kappa shape index (κ1) is 33.0. The SMILES string of the molecule is CC(=O)Nc1ccc2oc(C(=O)N[C@@H](C=C3CCN(c4ccccc4CN4CCCCC4=O)CC3)Cc3ccc(Cl)cc3)cc(=O)c2c1. The zero-order valence-electron chi connectivity index (χ0n) is 27.0. The molecule has 2 aliphatic heterocycles. The van der Waals surface area contributed by atoms with Crippen LogP contribution in [0.4, 0.5) is 11.4 Å². The molecule has 3 amide bonds. The molecule has 2 aliphatic rings. The Bertz CT molecular complexity index is 1910. The third kappa shape index (κ3) is 8.15. The summed E-state index contributed by atoms with van der Waals surface area (Å²) in [5, 5.41) is 6.65. The number of para-hydroxylation sites is 1. The molecule has 48 heavy (non-hydrogen) atoms. The Kier molecular flexibility index (Phi) is 10.3. The van der Waals surface area contributed by atoms with Gasteiger partial charge in [-0.25, -0.2) is 0 Å². The van der Waals surface area contributed by atoms with Crippen molar-refractivity contribution in [2.45, 2.75) is 58.0 Å². The number of nitrogens with zero attached hydrogens (tertiary/aromatic N) is 2. The van der Waals surface area contributed by atoms with Crippen molar-refractivity contribution in [3.63, 3.8) is 0 Å². The van der Waals surface area contributed by atoms with Gasteiger partial charge in [-0.1, -0.05) is 53.6 Å². The zero-order chi connectivity index (χ0) is 33.6. The first-order valence-electron chi connectivity index (χ1n) is 16.4. The molecule has 2 N–H and O–H groups in total. The van der Waals surface area contributed by atoms with E-state index in [1.54, 1.807) is 12.1 Å². The fraction of sp³-hybridized carbons (Fsp3) is 0.316. The van der Waals surface area contributed by atoms with E-state index < -0.39 is 5.91 Å². The number of rotatable bonds is 9. The number of likely N-dealkylation sites (tertiary alicyclic amines) is 1. The lowest BCUT2D eigenvalue weighted by Crippen LogP contribution is -2.37. The topological polar surface area (TPSA) is 112 Å². The van der Waals surface area contributed by atoms with Gasteiger partial charge in [0, 0.05) is 62.0 Å². The van der Waals surface area contributed by atoms with Crippen LogP contribution in [0, 0.1) is 0 Å². The molecule has 3 heterocycles. The van der Waals surface area contributed by atoms with E-state index in [0.717, 1.165) is 62.1 Å². The average molecular weight is 667 g/mol. The lowest BCUT2D eigenvalue weighted by molar-refractivity contribution is -0.133. The summed E-state index contributed by atoms with van der Waals surface area (Å²) in [7, 11) is 0. The van der Waals surface area contributed by atoms with Gasteiger partial charge in [-0.2, -0.15) is 0 Å². The van der Waals surface area contributed by atoms with Gasteiger partial charge in [0.25, 0.3) is 5.91 Å². The van der Waals surface area contributed by atoms with Crippen molar-refractivity contribution in [3.05, 3.63) is 117 Å². The minimum absolute atomic E-state index is 0.0853. The lowest BCUT2D eigenvalue weighted by Gasteiger charge is -2.34. The number of amides is 3. The highest BCUT2D eigenvalue weighted by molar-refractivity contribution is 6.30. The Morgan fingerprint density at radius 3 is 2.46 bits per heavy atom. The van der Waals surface area contributed by atoms with E-state index in [0.29, 0.717) is 30.1 Å². The molecule has 0 aliphatic carbocycles. The summed E-state index contributed by atoms with van der Waals surface area (Å²) in [5.41, 5.74) is 4.92. The van der Waals surface area contributed by atoms with Crippen molar-refractivity contribution >= 4 is 51.7 Å². The first-order valence-corrected chi connectivity index (χ1v) is 16.8. The minimum atomic E-state index is -0.491. The van der Waals surface area contributed by atoms with Gasteiger partial charge >= 0.3 is 0 Å². The fourth-order valence-corrected chi connectivity index (χ4v) is 6.61. The number of benzene rings is 3. The molecule has 0 radical (unpaired) electrons. The van der Waals surface area contributed by atoms with Gasteiger partial charge in [0.15, 0.2) is 11.2 Å². The highest BCUT2D eigenvalue weighted by atomic mass is 35.5. The predicted octanol–water partition coefficient (Wildman–Crippen LogP) is 6.49. The Balaban J connectivity index is 1.18. The van der Waals surface area contributed by atoms with E-state index in [4.69, 9.17) is 16.0 Å². The second-order valence-electron chi connectivity index (χ2n) is 12.5. The summed E-state index contributed by atoms with van der Waals surface area (Å²) in [6.45, 7) is 4.46. The molecule has 248 valence electrons. The van der Waals surface area contributed by atoms with E-state index in [9.17, 15) is 19.2 Å². The molecule has 2 saturated heterocycles. The number of halogens is 1. The van der Waals surface area contributed by atoms with Crippen LogP contribution in [-0.2, 0) is 22.6 Å². The number of piperidine rings is 2. The number of hydrogen-bond acceptors (Lipinski definition) is 6. The molecule has 1 aromatic heterocycles. The molecule has 0 bridgehead atoms. The van der Waals surface area contributed by atoms with Crippen LogP contribution >= 0.6 is 11.6 Å². The van der Waals surface area contributed by atoms with Crippen LogP contribution in [0.2, 0.25) is 5.02 Å². The van der Waals surface area contributed by atoms with Crippen LogP contribution in [0.25, 0.3) is 11.0 Å². The monoisotopic (exact) mass is 666 g/mol. The Hall–Kier alpha value is -4.89. The van der Waals surface area contributed by atoms with E-state index in [-0.39, 0.29) is 40.0 Å². The maximum Gasteiger partial charge on any atom is 0.287 e. The molecule has 2 fully saturated rings. The number of fused-ring (bicyclic) bond motifs is 1. The largest absolute Gasteiger partial charge is 0.451 e. The summed E-state index contributed by atoms with van der Waals surface area (Å²) >= 11 is 6.13. The predicted molar refractivity (Wildman–Crippen MR) is 188 cm³/mol. The molecule has 0 spiro atoms. The second kappa shape index (κ2) is 14.9. The van der Waals surface area contributed by atoms with Crippen LogP contribution in [-0.4, -0.2) is 48.3 Å². The molecule has 6 rings (SSSR count). The van der Waals surface area contributed by atoms with E-state index in [1.165, 1.54) is 24.6 Å². The Morgan fingerprint density at radius 1 is 0.938 bits per heavy atom. The highest BCUT2D eigenvalue weighted by Gasteiger charge is 2.23. The van der Waals surface area contributed by atoms with Crippen LogP contribution < -0.4 is 21.0 Å². The molecule has 1 atom stereocenters. The quantitative estimate of drug-likeness (QED) is 0.198. The van der Waals surface area contributed by atoms with E-state index >= 15 is 0 Å². The summed E-state index contributed by atoms with van der Waals surface area (Å²) in [5.74, 6) is -0.600. The third-order valence-corrected chi connectivity index (χ3v) is 9.17. The van der Waals surface area contributed by atoms with Gasteiger partial charge in [-0.15, -0.1) is 0 Å². The first-order chi connectivity index (χ1) is 23.2. The maximum absolute atomic E-state index is 13.5. The average Bonchev–Trinajstić information content (AvgIpc) is 3.07. The number of carbonyl (C=O) groups is 3. The smallest absolute Gasteiger partial charge is 0.287 e. The molecule has 3 aromatic carbocycles. The van der Waals surface area contributed by atoms with Gasteiger partial charge in [0.2, 0.25) is 11.8 Å². The molecule has 9 nitrogen and oxygen atoms in total. The van der Waals surface area contributed by atoms with Gasteiger partial charge in [0.05, 0.1) is 11.4 Å². The van der Waals surface area contributed by atoms with Crippen molar-refractivity contribution in [1.82, 2.24) is 10.2 Å². The van der Waals surface area contributed by atoms with Crippen molar-refractivity contribution in [3.8, 4) is 0 Å². The van der Waals surface area contributed by atoms with Crippen LogP contribution in [0.5, 0.6) is 0 Å². The van der Waals surface area contributed by atoms with Crippen molar-refractivity contribution < 1.29 is 18.8 Å². The lowest BCUT2D eigenvalue weighted by atomic mass is 9.97. The van der Waals surface area contributed by atoms with Crippen LogP contribution in [0.1, 0.15) is 60.7 Å². The van der Waals surface area contributed by atoms with Crippen molar-refractivity contribution in [2.24, 2.45) is 0 Å².